The zero-order valence-corrected chi connectivity index (χ0v) is 13.3. The number of nitrogens with zero attached hydrogens (tertiary/aromatic N) is 4. The van der Waals surface area contributed by atoms with Crippen LogP contribution >= 0.6 is 0 Å². The molecule has 23 heavy (non-hydrogen) atoms. The molecule has 0 radical (unpaired) electrons. The number of para-hydroxylation sites is 1. The molecule has 3 aromatic rings. The average molecular weight is 312 g/mol. The van der Waals surface area contributed by atoms with Gasteiger partial charge in [-0.15, -0.1) is 0 Å². The average Bonchev–Trinajstić information content (AvgIpc) is 3.16. The number of hydrogen-bond donors (Lipinski definition) is 2. The Morgan fingerprint density at radius 3 is 2.91 bits per heavy atom. The van der Waals surface area contributed by atoms with Crippen LogP contribution in [0, 0.1) is 0 Å². The first-order valence-electron chi connectivity index (χ1n) is 7.51. The molecule has 0 saturated heterocycles. The third kappa shape index (κ3) is 3.68. The van der Waals surface area contributed by atoms with Crippen molar-refractivity contribution in [2.45, 2.75) is 13.0 Å². The highest BCUT2D eigenvalue weighted by Crippen LogP contribution is 2.18. The van der Waals surface area contributed by atoms with Gasteiger partial charge in [0.15, 0.2) is 5.96 Å². The van der Waals surface area contributed by atoms with Gasteiger partial charge in [-0.1, -0.05) is 18.2 Å². The number of guanidine groups is 1. The molecule has 2 N–H and O–H groups in total. The summed E-state index contributed by atoms with van der Waals surface area (Å²) in [6.07, 6.45) is 2.33. The fourth-order valence-corrected chi connectivity index (χ4v) is 2.33. The van der Waals surface area contributed by atoms with Gasteiger partial charge in [0.25, 0.3) is 0 Å². The second kappa shape index (κ2) is 6.95. The Morgan fingerprint density at radius 1 is 1.30 bits per heavy atom. The van der Waals surface area contributed by atoms with E-state index in [-0.39, 0.29) is 0 Å². The largest absolute Gasteiger partial charge is 0.461 e. The van der Waals surface area contributed by atoms with Gasteiger partial charge in [0.1, 0.15) is 23.5 Å². The molecular weight excluding hydrogens is 292 g/mol. The highest BCUT2D eigenvalue weighted by atomic mass is 16.3. The van der Waals surface area contributed by atoms with Crippen molar-refractivity contribution in [1.29, 1.82) is 0 Å². The summed E-state index contributed by atoms with van der Waals surface area (Å²) in [4.78, 5) is 8.36. The maximum absolute atomic E-state index is 5.80. The Bertz CT molecular complexity index is 771. The van der Waals surface area contributed by atoms with Crippen molar-refractivity contribution in [3.8, 4) is 0 Å². The van der Waals surface area contributed by atoms with E-state index in [1.165, 1.54) is 6.33 Å². The van der Waals surface area contributed by atoms with Crippen LogP contribution in [0.5, 0.6) is 0 Å². The Hall–Kier alpha value is -2.83. The van der Waals surface area contributed by atoms with Crippen LogP contribution in [0.4, 0.5) is 0 Å². The minimum absolute atomic E-state index is 0.570. The Kier molecular flexibility index (Phi) is 4.56. The van der Waals surface area contributed by atoms with Crippen LogP contribution in [-0.2, 0) is 20.0 Å². The molecule has 0 amide bonds. The molecule has 0 atom stereocenters. The molecule has 120 valence electrons. The molecule has 0 saturated carbocycles. The molecule has 0 spiro atoms. The molecule has 1 aromatic carbocycles. The Morgan fingerprint density at radius 2 is 2.17 bits per heavy atom. The van der Waals surface area contributed by atoms with Gasteiger partial charge in [-0.3, -0.25) is 9.67 Å². The number of aryl methyl sites for hydroxylation is 1. The van der Waals surface area contributed by atoms with Crippen LogP contribution in [0.25, 0.3) is 11.0 Å². The SMILES string of the molecule is CN=C(NCCc1cc2ccccc2o1)NCc1ncnn1C. The zero-order chi connectivity index (χ0) is 16.1. The molecule has 2 heterocycles. The number of benzene rings is 1. The van der Waals surface area contributed by atoms with Crippen molar-refractivity contribution in [3.63, 3.8) is 0 Å². The summed E-state index contributed by atoms with van der Waals surface area (Å²) in [6, 6.07) is 10.1. The van der Waals surface area contributed by atoms with Crippen LogP contribution in [0.15, 0.2) is 46.1 Å². The van der Waals surface area contributed by atoms with E-state index in [4.69, 9.17) is 4.42 Å². The van der Waals surface area contributed by atoms with Crippen molar-refractivity contribution in [1.82, 2.24) is 25.4 Å². The van der Waals surface area contributed by atoms with Crippen LogP contribution < -0.4 is 10.6 Å². The van der Waals surface area contributed by atoms with Crippen molar-refractivity contribution < 1.29 is 4.42 Å². The molecule has 0 bridgehead atoms. The van der Waals surface area contributed by atoms with Crippen molar-refractivity contribution in [2.24, 2.45) is 12.0 Å². The van der Waals surface area contributed by atoms with E-state index >= 15 is 0 Å². The van der Waals surface area contributed by atoms with Crippen LogP contribution in [0.1, 0.15) is 11.6 Å². The number of rotatable bonds is 5. The molecule has 3 rings (SSSR count). The fourth-order valence-electron chi connectivity index (χ4n) is 2.33. The lowest BCUT2D eigenvalue weighted by Crippen LogP contribution is -2.38. The molecule has 7 heteroatoms. The highest BCUT2D eigenvalue weighted by Gasteiger charge is 2.05. The van der Waals surface area contributed by atoms with E-state index in [2.05, 4.69) is 37.8 Å². The van der Waals surface area contributed by atoms with Gasteiger partial charge in [0.05, 0.1) is 6.54 Å². The lowest BCUT2D eigenvalue weighted by molar-refractivity contribution is 0.544. The van der Waals surface area contributed by atoms with Crippen molar-refractivity contribution >= 4 is 16.9 Å². The fraction of sp³-hybridized carbons (Fsp3) is 0.312. The van der Waals surface area contributed by atoms with Crippen molar-refractivity contribution in [2.75, 3.05) is 13.6 Å². The third-order valence-electron chi connectivity index (χ3n) is 3.58. The van der Waals surface area contributed by atoms with Gasteiger partial charge in [-0.05, 0) is 12.1 Å². The molecule has 0 aliphatic carbocycles. The van der Waals surface area contributed by atoms with Gasteiger partial charge in [0.2, 0.25) is 0 Å². The summed E-state index contributed by atoms with van der Waals surface area (Å²) in [5.41, 5.74) is 0.923. The molecule has 7 nitrogen and oxygen atoms in total. The van der Waals surface area contributed by atoms with Crippen molar-refractivity contribution in [3.05, 3.63) is 48.2 Å². The van der Waals surface area contributed by atoms with Gasteiger partial charge < -0.3 is 15.1 Å². The Balaban J connectivity index is 1.49. The lowest BCUT2D eigenvalue weighted by atomic mass is 10.2. The molecule has 2 aromatic heterocycles. The number of aromatic nitrogens is 3. The number of furan rings is 1. The van der Waals surface area contributed by atoms with E-state index in [0.29, 0.717) is 6.54 Å². The monoisotopic (exact) mass is 312 g/mol. The van der Waals surface area contributed by atoms with Crippen LogP contribution in [0.3, 0.4) is 0 Å². The predicted octanol–water partition coefficient (Wildman–Crippen LogP) is 1.47. The quantitative estimate of drug-likeness (QED) is 0.551. The van der Waals surface area contributed by atoms with Crippen LogP contribution in [0.2, 0.25) is 0 Å². The Labute approximate surface area is 134 Å². The van der Waals surface area contributed by atoms with Gasteiger partial charge in [-0.2, -0.15) is 5.10 Å². The molecule has 0 fully saturated rings. The smallest absolute Gasteiger partial charge is 0.191 e. The van der Waals surface area contributed by atoms with E-state index < -0.39 is 0 Å². The topological polar surface area (TPSA) is 80.3 Å². The minimum atomic E-state index is 0.570. The number of nitrogens with one attached hydrogen (secondary N) is 2. The first-order valence-corrected chi connectivity index (χ1v) is 7.51. The normalized spacial score (nSPS) is 11.8. The summed E-state index contributed by atoms with van der Waals surface area (Å²) in [7, 11) is 3.61. The predicted molar refractivity (Wildman–Crippen MR) is 89.1 cm³/mol. The van der Waals surface area contributed by atoms with E-state index in [1.54, 1.807) is 11.7 Å². The summed E-state index contributed by atoms with van der Waals surface area (Å²) >= 11 is 0. The van der Waals surface area contributed by atoms with Gasteiger partial charge in [0, 0.05) is 32.4 Å². The second-order valence-corrected chi connectivity index (χ2v) is 5.15. The number of hydrogen-bond acceptors (Lipinski definition) is 4. The van der Waals surface area contributed by atoms with E-state index in [9.17, 15) is 0 Å². The molecule has 0 aliphatic rings. The van der Waals surface area contributed by atoms with Crippen LogP contribution in [-0.4, -0.2) is 34.3 Å². The lowest BCUT2D eigenvalue weighted by Gasteiger charge is -2.10. The first kappa shape index (κ1) is 15.1. The second-order valence-electron chi connectivity index (χ2n) is 5.15. The molecule has 0 unspecified atom stereocenters. The first-order chi connectivity index (χ1) is 11.3. The third-order valence-corrected chi connectivity index (χ3v) is 3.58. The maximum Gasteiger partial charge on any atom is 0.191 e. The number of fused-ring (bicyclic) bond motifs is 1. The minimum Gasteiger partial charge on any atom is -0.461 e. The maximum atomic E-state index is 5.80. The molecular formula is C16H20N6O. The number of aliphatic imine (C=N–C) groups is 1. The highest BCUT2D eigenvalue weighted by molar-refractivity contribution is 5.79. The van der Waals surface area contributed by atoms with E-state index in [0.717, 1.165) is 41.5 Å². The summed E-state index contributed by atoms with van der Waals surface area (Å²) in [5.74, 6) is 2.54. The standard InChI is InChI=1S/C16H20N6O/c1-17-16(19-10-15-20-11-21-22(15)2)18-8-7-13-9-12-5-3-4-6-14(12)23-13/h3-6,9,11H,7-8,10H2,1-2H3,(H2,17,18,19). The van der Waals surface area contributed by atoms with Gasteiger partial charge >= 0.3 is 0 Å². The van der Waals surface area contributed by atoms with E-state index in [1.807, 2.05) is 25.2 Å². The zero-order valence-electron chi connectivity index (χ0n) is 13.3. The summed E-state index contributed by atoms with van der Waals surface area (Å²) in [6.45, 7) is 1.30. The summed E-state index contributed by atoms with van der Waals surface area (Å²) in [5, 5.41) is 11.6. The molecule has 0 aliphatic heterocycles. The van der Waals surface area contributed by atoms with Gasteiger partial charge in [-0.25, -0.2) is 4.98 Å². The summed E-state index contributed by atoms with van der Waals surface area (Å²) < 4.78 is 7.53.